The van der Waals surface area contributed by atoms with E-state index in [0.717, 1.165) is 5.69 Å². The number of aliphatic hydroxyl groups is 1. The lowest BCUT2D eigenvalue weighted by Crippen LogP contribution is -2.10. The Kier molecular flexibility index (Phi) is 2.32. The number of carbonyl (C=O) groups is 1. The summed E-state index contributed by atoms with van der Waals surface area (Å²) in [6, 6.07) is 3.38. The van der Waals surface area contributed by atoms with E-state index in [9.17, 15) is 9.90 Å². The number of aliphatic hydroxyl groups excluding tert-OH is 1. The molecule has 0 spiro atoms. The molecule has 0 fully saturated rings. The standard InChI is InChI=1S/C10H11ClN2O2/c1-13(2)8-4-7-5(3-6(8)11)9(14)10(15)12-7/h3-4,9,14H,1-2H3,(H,12,15). The molecule has 80 valence electrons. The van der Waals surface area contributed by atoms with E-state index in [-0.39, 0.29) is 0 Å². The van der Waals surface area contributed by atoms with Crippen LogP contribution in [0.3, 0.4) is 0 Å². The first-order valence-electron chi connectivity index (χ1n) is 4.50. The van der Waals surface area contributed by atoms with E-state index in [2.05, 4.69) is 5.32 Å². The first-order valence-corrected chi connectivity index (χ1v) is 4.88. The number of nitrogens with zero attached hydrogens (tertiary/aromatic N) is 1. The zero-order chi connectivity index (χ0) is 11.2. The maximum Gasteiger partial charge on any atom is 0.257 e. The predicted molar refractivity (Wildman–Crippen MR) is 59.4 cm³/mol. The Labute approximate surface area is 92.5 Å². The van der Waals surface area contributed by atoms with Gasteiger partial charge in [-0.05, 0) is 12.1 Å². The van der Waals surface area contributed by atoms with Crippen LogP contribution in [-0.4, -0.2) is 25.1 Å². The molecule has 1 atom stereocenters. The summed E-state index contributed by atoms with van der Waals surface area (Å²) in [5.41, 5.74) is 1.97. The molecular weight excluding hydrogens is 216 g/mol. The van der Waals surface area contributed by atoms with Gasteiger partial charge < -0.3 is 15.3 Å². The summed E-state index contributed by atoms with van der Waals surface area (Å²) in [4.78, 5) is 13.1. The minimum Gasteiger partial charge on any atom is -0.378 e. The molecule has 2 N–H and O–H groups in total. The van der Waals surface area contributed by atoms with Gasteiger partial charge in [0.25, 0.3) is 5.91 Å². The number of rotatable bonds is 1. The fourth-order valence-electron chi connectivity index (χ4n) is 1.60. The van der Waals surface area contributed by atoms with Crippen molar-refractivity contribution < 1.29 is 9.90 Å². The number of fused-ring (bicyclic) bond motifs is 1. The van der Waals surface area contributed by atoms with Crippen LogP contribution in [0, 0.1) is 0 Å². The summed E-state index contributed by atoms with van der Waals surface area (Å²) < 4.78 is 0. The fraction of sp³-hybridized carbons (Fsp3) is 0.300. The maximum atomic E-state index is 11.2. The Bertz CT molecular complexity index is 432. The van der Waals surface area contributed by atoms with Crippen LogP contribution in [0.2, 0.25) is 5.02 Å². The van der Waals surface area contributed by atoms with Crippen molar-refractivity contribution in [3.8, 4) is 0 Å². The normalized spacial score (nSPS) is 18.7. The highest BCUT2D eigenvalue weighted by atomic mass is 35.5. The van der Waals surface area contributed by atoms with Crippen LogP contribution in [0.1, 0.15) is 11.7 Å². The van der Waals surface area contributed by atoms with Crippen LogP contribution < -0.4 is 10.2 Å². The molecular formula is C10H11ClN2O2. The highest BCUT2D eigenvalue weighted by Gasteiger charge is 2.29. The first-order chi connectivity index (χ1) is 7.00. The lowest BCUT2D eigenvalue weighted by atomic mass is 10.1. The number of halogens is 1. The van der Waals surface area contributed by atoms with Gasteiger partial charge in [0.2, 0.25) is 0 Å². The van der Waals surface area contributed by atoms with E-state index in [1.807, 2.05) is 19.0 Å². The van der Waals surface area contributed by atoms with Crippen molar-refractivity contribution in [2.45, 2.75) is 6.10 Å². The zero-order valence-electron chi connectivity index (χ0n) is 8.41. The van der Waals surface area contributed by atoms with Gasteiger partial charge >= 0.3 is 0 Å². The molecule has 1 amide bonds. The van der Waals surface area contributed by atoms with Gasteiger partial charge in [-0.15, -0.1) is 0 Å². The Balaban J connectivity index is 2.54. The van der Waals surface area contributed by atoms with E-state index in [1.54, 1.807) is 12.1 Å². The predicted octanol–water partition coefficient (Wildman–Crippen LogP) is 1.39. The minimum atomic E-state index is -1.10. The number of nitrogens with one attached hydrogen (secondary N) is 1. The van der Waals surface area contributed by atoms with E-state index in [0.29, 0.717) is 16.3 Å². The minimum absolute atomic E-state index is 0.406. The Morgan fingerprint density at radius 1 is 1.47 bits per heavy atom. The van der Waals surface area contributed by atoms with Gasteiger partial charge in [0.05, 0.1) is 10.7 Å². The van der Waals surface area contributed by atoms with Crippen molar-refractivity contribution in [3.63, 3.8) is 0 Å². The highest BCUT2D eigenvalue weighted by molar-refractivity contribution is 6.33. The molecule has 1 aliphatic rings. The van der Waals surface area contributed by atoms with E-state index in [1.165, 1.54) is 0 Å². The van der Waals surface area contributed by atoms with Gasteiger partial charge in [0.1, 0.15) is 0 Å². The molecule has 15 heavy (non-hydrogen) atoms. The second kappa shape index (κ2) is 3.40. The second-order valence-electron chi connectivity index (χ2n) is 3.68. The summed E-state index contributed by atoms with van der Waals surface area (Å²) in [6.07, 6.45) is -1.10. The Morgan fingerprint density at radius 3 is 2.73 bits per heavy atom. The molecule has 5 heteroatoms. The monoisotopic (exact) mass is 226 g/mol. The fourth-order valence-corrected chi connectivity index (χ4v) is 1.94. The molecule has 0 saturated carbocycles. The Hall–Kier alpha value is -1.26. The molecule has 1 unspecified atom stereocenters. The first kappa shape index (κ1) is 10.3. The van der Waals surface area contributed by atoms with Crippen LogP contribution in [0.15, 0.2) is 12.1 Å². The summed E-state index contributed by atoms with van der Waals surface area (Å²) in [5, 5.41) is 12.6. The van der Waals surface area contributed by atoms with Crippen molar-refractivity contribution in [2.24, 2.45) is 0 Å². The van der Waals surface area contributed by atoms with Crippen LogP contribution in [0.4, 0.5) is 11.4 Å². The van der Waals surface area contributed by atoms with Gasteiger partial charge in [-0.3, -0.25) is 4.79 Å². The zero-order valence-corrected chi connectivity index (χ0v) is 9.17. The molecule has 0 aliphatic carbocycles. The summed E-state index contributed by atoms with van der Waals surface area (Å²) in [5.74, 6) is -0.406. The molecule has 1 aromatic rings. The molecule has 0 saturated heterocycles. The molecule has 1 aromatic carbocycles. The van der Waals surface area contributed by atoms with Crippen molar-refractivity contribution >= 4 is 28.9 Å². The van der Waals surface area contributed by atoms with Crippen molar-refractivity contribution in [1.82, 2.24) is 0 Å². The molecule has 2 rings (SSSR count). The molecule has 1 aliphatic heterocycles. The van der Waals surface area contributed by atoms with Gasteiger partial charge in [-0.2, -0.15) is 0 Å². The van der Waals surface area contributed by atoms with Gasteiger partial charge in [0.15, 0.2) is 6.10 Å². The number of hydrogen-bond acceptors (Lipinski definition) is 3. The number of amides is 1. The van der Waals surface area contributed by atoms with E-state index in [4.69, 9.17) is 11.6 Å². The number of anilines is 2. The molecule has 0 aromatic heterocycles. The molecule has 0 radical (unpaired) electrons. The van der Waals surface area contributed by atoms with E-state index >= 15 is 0 Å². The topological polar surface area (TPSA) is 52.6 Å². The third-order valence-corrected chi connectivity index (χ3v) is 2.70. The summed E-state index contributed by atoms with van der Waals surface area (Å²) >= 11 is 6.02. The molecule has 1 heterocycles. The Morgan fingerprint density at radius 2 is 2.13 bits per heavy atom. The third kappa shape index (κ3) is 1.56. The lowest BCUT2D eigenvalue weighted by molar-refractivity contribution is -0.123. The van der Waals surface area contributed by atoms with Crippen molar-refractivity contribution in [3.05, 3.63) is 22.7 Å². The highest BCUT2D eigenvalue weighted by Crippen LogP contribution is 2.38. The lowest BCUT2D eigenvalue weighted by Gasteiger charge is -2.15. The molecule has 4 nitrogen and oxygen atoms in total. The van der Waals surface area contributed by atoms with Gasteiger partial charge in [0, 0.05) is 25.3 Å². The average Bonchev–Trinajstić information content (AvgIpc) is 2.43. The van der Waals surface area contributed by atoms with Crippen LogP contribution in [0.5, 0.6) is 0 Å². The number of hydrogen-bond donors (Lipinski definition) is 2. The van der Waals surface area contributed by atoms with Crippen LogP contribution >= 0.6 is 11.6 Å². The quantitative estimate of drug-likeness (QED) is 0.761. The third-order valence-electron chi connectivity index (χ3n) is 2.40. The largest absolute Gasteiger partial charge is 0.378 e. The van der Waals surface area contributed by atoms with Crippen molar-refractivity contribution in [1.29, 1.82) is 0 Å². The van der Waals surface area contributed by atoms with Gasteiger partial charge in [-0.1, -0.05) is 11.6 Å². The summed E-state index contributed by atoms with van der Waals surface area (Å²) in [6.45, 7) is 0. The van der Waals surface area contributed by atoms with Crippen LogP contribution in [0.25, 0.3) is 0 Å². The van der Waals surface area contributed by atoms with E-state index < -0.39 is 12.0 Å². The summed E-state index contributed by atoms with van der Waals surface area (Å²) in [7, 11) is 3.72. The smallest absolute Gasteiger partial charge is 0.257 e. The van der Waals surface area contributed by atoms with Crippen LogP contribution in [-0.2, 0) is 4.79 Å². The maximum absolute atomic E-state index is 11.2. The molecule has 0 bridgehead atoms. The van der Waals surface area contributed by atoms with Crippen molar-refractivity contribution in [2.75, 3.05) is 24.3 Å². The van der Waals surface area contributed by atoms with Gasteiger partial charge in [-0.25, -0.2) is 0 Å². The second-order valence-corrected chi connectivity index (χ2v) is 4.08. The number of carbonyl (C=O) groups excluding carboxylic acids is 1. The average molecular weight is 227 g/mol. The number of benzene rings is 1. The SMILES string of the molecule is CN(C)c1cc2c(cc1Cl)C(O)C(=O)N2.